The van der Waals surface area contributed by atoms with E-state index in [1.54, 1.807) is 4.90 Å². The van der Waals surface area contributed by atoms with E-state index in [0.29, 0.717) is 13.2 Å². The first-order valence-electron chi connectivity index (χ1n) is 7.36. The normalized spacial score (nSPS) is 15.2. The monoisotopic (exact) mass is 291 g/mol. The second kappa shape index (κ2) is 5.24. The molecule has 4 heteroatoms. The summed E-state index contributed by atoms with van der Waals surface area (Å²) in [6.07, 6.45) is -0.321. The van der Waals surface area contributed by atoms with Crippen LogP contribution < -0.4 is 9.64 Å². The number of carbonyl (C=O) groups is 1. The van der Waals surface area contributed by atoms with Gasteiger partial charge in [-0.25, -0.2) is 4.79 Å². The molecule has 1 amide bonds. The van der Waals surface area contributed by atoms with Crippen LogP contribution in [0.5, 0.6) is 5.75 Å². The Morgan fingerprint density at radius 3 is 2.43 bits per heavy atom. The number of amides is 1. The van der Waals surface area contributed by atoms with Gasteiger partial charge in [0.2, 0.25) is 0 Å². The van der Waals surface area contributed by atoms with Crippen LogP contribution in [-0.2, 0) is 10.2 Å². The third-order valence-electron chi connectivity index (χ3n) is 3.30. The number of fused-ring (bicyclic) bond motifs is 1. The Kier molecular flexibility index (Phi) is 3.91. The minimum atomic E-state index is -0.503. The van der Waals surface area contributed by atoms with Crippen molar-refractivity contribution in [2.75, 3.05) is 18.1 Å². The zero-order chi connectivity index (χ0) is 15.8. The molecule has 0 bridgehead atoms. The van der Waals surface area contributed by atoms with Gasteiger partial charge in [0.05, 0.1) is 12.2 Å². The Morgan fingerprint density at radius 1 is 1.19 bits per heavy atom. The lowest BCUT2D eigenvalue weighted by Crippen LogP contribution is -2.41. The molecule has 1 heterocycles. The molecule has 1 aromatic rings. The molecule has 1 aliphatic rings. The highest BCUT2D eigenvalue weighted by molar-refractivity contribution is 5.90. The van der Waals surface area contributed by atoms with Crippen molar-refractivity contribution in [2.45, 2.75) is 52.6 Å². The fourth-order valence-electron chi connectivity index (χ4n) is 2.19. The van der Waals surface area contributed by atoms with E-state index >= 15 is 0 Å². The minimum Gasteiger partial charge on any atom is -0.490 e. The Hall–Kier alpha value is -1.71. The van der Waals surface area contributed by atoms with Gasteiger partial charge in [0.25, 0.3) is 0 Å². The van der Waals surface area contributed by atoms with Gasteiger partial charge in [0, 0.05) is 0 Å². The molecule has 0 saturated heterocycles. The molecule has 0 aliphatic carbocycles. The lowest BCUT2D eigenvalue weighted by Gasteiger charge is -2.33. The van der Waals surface area contributed by atoms with Crippen LogP contribution in [-0.4, -0.2) is 24.8 Å². The number of carbonyl (C=O) groups excluding carboxylic acids is 1. The lowest BCUT2D eigenvalue weighted by atomic mass is 9.86. The maximum Gasteiger partial charge on any atom is 0.415 e. The van der Waals surface area contributed by atoms with Crippen molar-refractivity contribution >= 4 is 11.8 Å². The number of ether oxygens (including phenoxy) is 2. The molecule has 0 aromatic heterocycles. The molecule has 0 N–H and O–H groups in total. The second-order valence-corrected chi connectivity index (χ2v) is 7.41. The molecule has 1 aromatic carbocycles. The summed E-state index contributed by atoms with van der Waals surface area (Å²) < 4.78 is 11.1. The van der Waals surface area contributed by atoms with Gasteiger partial charge in [-0.3, -0.25) is 4.90 Å². The third kappa shape index (κ3) is 3.69. The average Bonchev–Trinajstić information content (AvgIpc) is 2.34. The maximum atomic E-state index is 12.4. The lowest BCUT2D eigenvalue weighted by molar-refractivity contribution is 0.0567. The first kappa shape index (κ1) is 15.7. The fourth-order valence-corrected chi connectivity index (χ4v) is 2.19. The van der Waals surface area contributed by atoms with E-state index in [1.807, 2.05) is 32.9 Å². The Labute approximate surface area is 127 Å². The van der Waals surface area contributed by atoms with Crippen molar-refractivity contribution in [1.82, 2.24) is 0 Å². The molecule has 0 spiro atoms. The standard InChI is InChI=1S/C17H25NO3/c1-16(2,3)12-7-8-14-13(11-12)18(9-10-20-14)15(19)21-17(4,5)6/h7-8,11H,9-10H2,1-6H3. The van der Waals surface area contributed by atoms with Crippen LogP contribution in [0.4, 0.5) is 10.5 Å². The molecular formula is C17H25NO3. The molecular weight excluding hydrogens is 266 g/mol. The quantitative estimate of drug-likeness (QED) is 0.722. The van der Waals surface area contributed by atoms with Crippen molar-refractivity contribution in [1.29, 1.82) is 0 Å². The van der Waals surface area contributed by atoms with Crippen LogP contribution in [0.25, 0.3) is 0 Å². The number of hydrogen-bond donors (Lipinski definition) is 0. The van der Waals surface area contributed by atoms with Crippen LogP contribution in [0, 0.1) is 0 Å². The predicted octanol–water partition coefficient (Wildman–Crippen LogP) is 4.12. The van der Waals surface area contributed by atoms with Crippen LogP contribution in [0.1, 0.15) is 47.1 Å². The van der Waals surface area contributed by atoms with Crippen LogP contribution >= 0.6 is 0 Å². The van der Waals surface area contributed by atoms with E-state index in [9.17, 15) is 4.79 Å². The first-order valence-corrected chi connectivity index (χ1v) is 7.36. The Balaban J connectivity index is 2.35. The number of benzene rings is 1. The predicted molar refractivity (Wildman–Crippen MR) is 84.2 cm³/mol. The molecule has 1 aliphatic heterocycles. The fraction of sp³-hybridized carbons (Fsp3) is 0.588. The van der Waals surface area contributed by atoms with E-state index in [-0.39, 0.29) is 11.5 Å². The smallest absolute Gasteiger partial charge is 0.415 e. The van der Waals surface area contributed by atoms with Crippen molar-refractivity contribution in [3.8, 4) is 5.75 Å². The Morgan fingerprint density at radius 2 is 1.86 bits per heavy atom. The van der Waals surface area contributed by atoms with Gasteiger partial charge in [-0.2, -0.15) is 0 Å². The Bertz CT molecular complexity index is 538. The maximum absolute atomic E-state index is 12.4. The van der Waals surface area contributed by atoms with E-state index in [2.05, 4.69) is 26.8 Å². The molecule has 0 radical (unpaired) electrons. The summed E-state index contributed by atoms with van der Waals surface area (Å²) in [6.45, 7) is 13.1. The minimum absolute atomic E-state index is 0.0199. The molecule has 2 rings (SSSR count). The van der Waals surface area contributed by atoms with Crippen molar-refractivity contribution in [2.24, 2.45) is 0 Å². The zero-order valence-corrected chi connectivity index (χ0v) is 13.8. The van der Waals surface area contributed by atoms with Crippen LogP contribution in [0.3, 0.4) is 0 Å². The van der Waals surface area contributed by atoms with Crippen molar-refractivity contribution in [3.63, 3.8) is 0 Å². The average molecular weight is 291 g/mol. The van der Waals surface area contributed by atoms with Gasteiger partial charge in [0.15, 0.2) is 0 Å². The summed E-state index contributed by atoms with van der Waals surface area (Å²) in [5, 5.41) is 0. The summed E-state index contributed by atoms with van der Waals surface area (Å²) in [4.78, 5) is 14.1. The number of hydrogen-bond acceptors (Lipinski definition) is 3. The van der Waals surface area contributed by atoms with Gasteiger partial charge in [-0.1, -0.05) is 26.8 Å². The molecule has 0 atom stereocenters. The largest absolute Gasteiger partial charge is 0.490 e. The second-order valence-electron chi connectivity index (χ2n) is 7.41. The summed E-state index contributed by atoms with van der Waals surface area (Å²) in [5.74, 6) is 0.736. The molecule has 116 valence electrons. The molecule has 0 saturated carbocycles. The molecule has 0 fully saturated rings. The van der Waals surface area contributed by atoms with Crippen LogP contribution in [0.15, 0.2) is 18.2 Å². The van der Waals surface area contributed by atoms with E-state index in [1.165, 1.54) is 5.56 Å². The van der Waals surface area contributed by atoms with Gasteiger partial charge in [0.1, 0.15) is 18.0 Å². The summed E-state index contributed by atoms with van der Waals surface area (Å²) in [6, 6.07) is 6.02. The highest BCUT2D eigenvalue weighted by atomic mass is 16.6. The first-order chi connectivity index (χ1) is 9.58. The number of rotatable bonds is 0. The molecule has 21 heavy (non-hydrogen) atoms. The van der Waals surface area contributed by atoms with E-state index in [4.69, 9.17) is 9.47 Å². The van der Waals surface area contributed by atoms with Gasteiger partial charge in [-0.05, 0) is 43.9 Å². The van der Waals surface area contributed by atoms with Crippen molar-refractivity contribution in [3.05, 3.63) is 23.8 Å². The highest BCUT2D eigenvalue weighted by Crippen LogP contribution is 2.36. The SMILES string of the molecule is CC(C)(C)OC(=O)N1CCOc2ccc(C(C)(C)C)cc21. The highest BCUT2D eigenvalue weighted by Gasteiger charge is 2.29. The summed E-state index contributed by atoms with van der Waals surface area (Å²) in [5.41, 5.74) is 1.48. The number of anilines is 1. The van der Waals surface area contributed by atoms with Gasteiger partial charge in [-0.15, -0.1) is 0 Å². The topological polar surface area (TPSA) is 38.8 Å². The zero-order valence-electron chi connectivity index (χ0n) is 13.8. The van der Waals surface area contributed by atoms with E-state index < -0.39 is 5.60 Å². The van der Waals surface area contributed by atoms with Crippen LogP contribution in [0.2, 0.25) is 0 Å². The number of nitrogens with zero attached hydrogens (tertiary/aromatic N) is 1. The summed E-state index contributed by atoms with van der Waals surface area (Å²) in [7, 11) is 0. The molecule has 4 nitrogen and oxygen atoms in total. The molecule has 0 unspecified atom stereocenters. The third-order valence-corrected chi connectivity index (χ3v) is 3.30. The van der Waals surface area contributed by atoms with Gasteiger partial charge < -0.3 is 9.47 Å². The van der Waals surface area contributed by atoms with Crippen molar-refractivity contribution < 1.29 is 14.3 Å². The van der Waals surface area contributed by atoms with E-state index in [0.717, 1.165) is 11.4 Å². The van der Waals surface area contributed by atoms with Gasteiger partial charge >= 0.3 is 6.09 Å². The summed E-state index contributed by atoms with van der Waals surface area (Å²) >= 11 is 0.